The van der Waals surface area contributed by atoms with Crippen molar-refractivity contribution < 1.29 is 29.2 Å². The van der Waals surface area contributed by atoms with Gasteiger partial charge in [0.15, 0.2) is 5.79 Å². The van der Waals surface area contributed by atoms with Gasteiger partial charge in [-0.05, 0) is 68.9 Å². The summed E-state index contributed by atoms with van der Waals surface area (Å²) >= 11 is 0. The quantitative estimate of drug-likeness (QED) is 0.464. The molecule has 38 heavy (non-hydrogen) atoms. The van der Waals surface area contributed by atoms with Gasteiger partial charge in [0.05, 0.1) is 18.3 Å². The van der Waals surface area contributed by atoms with Crippen molar-refractivity contribution in [1.29, 1.82) is 0 Å². The average molecular weight is 522 g/mol. The summed E-state index contributed by atoms with van der Waals surface area (Å²) in [4.78, 5) is 15.3. The number of aliphatic hydroxyl groups excluding tert-OH is 1. The summed E-state index contributed by atoms with van der Waals surface area (Å²) in [7, 11) is 2.09. The second-order valence-electron chi connectivity index (χ2n) is 12.9. The van der Waals surface area contributed by atoms with E-state index in [-0.39, 0.29) is 17.3 Å². The fourth-order valence-electron chi connectivity index (χ4n) is 9.48. The van der Waals surface area contributed by atoms with Crippen LogP contribution in [0.25, 0.3) is 0 Å². The van der Waals surface area contributed by atoms with Crippen molar-refractivity contribution in [3.05, 3.63) is 59.2 Å². The van der Waals surface area contributed by atoms with Gasteiger partial charge in [-0.15, -0.1) is 0 Å². The Morgan fingerprint density at radius 3 is 2.76 bits per heavy atom. The number of ether oxygens (including phenoxy) is 3. The lowest BCUT2D eigenvalue weighted by molar-refractivity contribution is -0.401. The third-order valence-corrected chi connectivity index (χ3v) is 11.2. The number of carbonyl (C=O) groups is 1. The van der Waals surface area contributed by atoms with E-state index in [2.05, 4.69) is 31.0 Å². The van der Waals surface area contributed by atoms with Crippen LogP contribution in [0.5, 0.6) is 0 Å². The molecular weight excluding hydrogens is 482 g/mol. The molecule has 0 amide bonds. The topological polar surface area (TPSA) is 88.5 Å². The summed E-state index contributed by atoms with van der Waals surface area (Å²) in [6, 6.07) is 9.08. The number of fused-ring (bicyclic) bond motifs is 1. The zero-order valence-electron chi connectivity index (χ0n) is 22.6. The van der Waals surface area contributed by atoms with E-state index in [0.29, 0.717) is 44.4 Å². The van der Waals surface area contributed by atoms with Crippen LogP contribution >= 0.6 is 0 Å². The van der Waals surface area contributed by atoms with E-state index in [9.17, 15) is 15.0 Å². The molecule has 1 aromatic carbocycles. The zero-order valence-corrected chi connectivity index (χ0v) is 22.6. The van der Waals surface area contributed by atoms with Crippen LogP contribution in [0, 0.1) is 16.7 Å². The maximum Gasteiger partial charge on any atom is 0.338 e. The molecule has 2 N–H and O–H groups in total. The van der Waals surface area contributed by atoms with Crippen molar-refractivity contribution in [3.8, 4) is 0 Å². The largest absolute Gasteiger partial charge is 0.455 e. The smallest absolute Gasteiger partial charge is 0.338 e. The van der Waals surface area contributed by atoms with Gasteiger partial charge in [-0.25, -0.2) is 4.79 Å². The summed E-state index contributed by atoms with van der Waals surface area (Å²) in [5.74, 6) is -1.31. The van der Waals surface area contributed by atoms with Gasteiger partial charge >= 0.3 is 5.97 Å². The summed E-state index contributed by atoms with van der Waals surface area (Å²) in [6.45, 7) is 6.21. The average Bonchev–Trinajstić information content (AvgIpc) is 3.10. The van der Waals surface area contributed by atoms with Crippen LogP contribution in [0.3, 0.4) is 0 Å². The highest BCUT2D eigenvalue weighted by Gasteiger charge is 2.79. The van der Waals surface area contributed by atoms with Crippen molar-refractivity contribution in [1.82, 2.24) is 4.90 Å². The Kier molecular flexibility index (Phi) is 5.27. The van der Waals surface area contributed by atoms with Gasteiger partial charge in [-0.2, -0.15) is 0 Å². The van der Waals surface area contributed by atoms with Gasteiger partial charge in [0.2, 0.25) is 0 Å². The Balaban J connectivity index is 1.33. The van der Waals surface area contributed by atoms with Gasteiger partial charge in [0.25, 0.3) is 0 Å². The van der Waals surface area contributed by atoms with E-state index < -0.39 is 34.6 Å². The number of likely N-dealkylation sites (N-methyl/N-ethyl adjacent to an activating group) is 1. The molecule has 7 aliphatic rings. The normalized spacial score (nSPS) is 46.1. The molecule has 3 unspecified atom stereocenters. The van der Waals surface area contributed by atoms with Gasteiger partial charge in [-0.3, -0.25) is 0 Å². The number of carbonyl (C=O) groups excluding carboxylic acids is 1. The lowest BCUT2D eigenvalue weighted by Gasteiger charge is -2.73. The van der Waals surface area contributed by atoms with E-state index in [1.54, 1.807) is 12.1 Å². The van der Waals surface area contributed by atoms with E-state index >= 15 is 0 Å². The fourth-order valence-corrected chi connectivity index (χ4v) is 9.48. The molecule has 1 spiro atoms. The van der Waals surface area contributed by atoms with Crippen LogP contribution in [-0.4, -0.2) is 77.0 Å². The maximum atomic E-state index is 13.1. The predicted octanol–water partition coefficient (Wildman–Crippen LogP) is 3.61. The second kappa shape index (κ2) is 8.01. The molecule has 8 atom stereocenters. The van der Waals surface area contributed by atoms with Crippen LogP contribution < -0.4 is 0 Å². The van der Waals surface area contributed by atoms with Crippen molar-refractivity contribution >= 4 is 5.97 Å². The van der Waals surface area contributed by atoms with Crippen molar-refractivity contribution in [2.75, 3.05) is 26.7 Å². The van der Waals surface area contributed by atoms with Crippen LogP contribution in [0.1, 0.15) is 62.7 Å². The highest BCUT2D eigenvalue weighted by Crippen LogP contribution is 2.74. The van der Waals surface area contributed by atoms with Gasteiger partial charge in [0, 0.05) is 36.8 Å². The summed E-state index contributed by atoms with van der Waals surface area (Å²) < 4.78 is 19.8. The first-order chi connectivity index (χ1) is 18.1. The third kappa shape index (κ3) is 2.95. The molecule has 1 aromatic rings. The van der Waals surface area contributed by atoms with Crippen molar-refractivity contribution in [2.45, 2.75) is 81.6 Å². The molecule has 2 saturated carbocycles. The molecule has 5 fully saturated rings. The number of hydrogen-bond donors (Lipinski definition) is 2. The van der Waals surface area contributed by atoms with E-state index in [4.69, 9.17) is 14.2 Å². The molecule has 4 aliphatic carbocycles. The van der Waals surface area contributed by atoms with Gasteiger partial charge < -0.3 is 29.3 Å². The number of esters is 1. The molecule has 7 nitrogen and oxygen atoms in total. The van der Waals surface area contributed by atoms with Crippen LogP contribution in [0.15, 0.2) is 53.6 Å². The number of rotatable bonds is 3. The number of nitrogens with zero attached hydrogens (tertiary/aromatic N) is 1. The Morgan fingerprint density at radius 1 is 1.18 bits per heavy atom. The molecule has 4 bridgehead atoms. The third-order valence-electron chi connectivity index (χ3n) is 11.2. The maximum absolute atomic E-state index is 13.1. The second-order valence-corrected chi connectivity index (χ2v) is 12.9. The lowest BCUT2D eigenvalue weighted by Crippen LogP contribution is -2.79. The van der Waals surface area contributed by atoms with E-state index in [1.807, 2.05) is 25.1 Å². The summed E-state index contributed by atoms with van der Waals surface area (Å²) in [5, 5.41) is 23.7. The minimum Gasteiger partial charge on any atom is -0.455 e. The molecule has 3 saturated heterocycles. The Labute approximate surface area is 224 Å². The van der Waals surface area contributed by atoms with E-state index in [1.165, 1.54) is 0 Å². The highest BCUT2D eigenvalue weighted by molar-refractivity contribution is 5.89. The van der Waals surface area contributed by atoms with Crippen LogP contribution in [0.2, 0.25) is 0 Å². The number of benzene rings is 1. The van der Waals surface area contributed by atoms with Crippen molar-refractivity contribution in [3.63, 3.8) is 0 Å². The standard InChI is InChI=1S/C31H39NO6/c1-20(37-26(34)21-7-5-4-6-8-21)23-11-12-30-24-10-9-22-17-29(35)14-13-27(22,2)31(24,38-29)25(33)18-28(23,30)19-32(3)15-16-36-30/h4-8,10-11,20,22,25,33,35H,9,12-19H2,1-3H3/t20-,22+,25+,27-,28?,29-,30?,31?/m0/s1. The molecular formula is C31H39NO6. The number of hydrogen-bond acceptors (Lipinski definition) is 7. The molecule has 3 aliphatic heterocycles. The molecule has 0 aromatic heterocycles. The summed E-state index contributed by atoms with van der Waals surface area (Å²) in [5.41, 5.74) is -0.0371. The number of aliphatic hydroxyl groups is 2. The molecule has 7 heteroatoms. The van der Waals surface area contributed by atoms with Gasteiger partial charge in [0.1, 0.15) is 17.3 Å². The Bertz CT molecular complexity index is 1230. The van der Waals surface area contributed by atoms with E-state index in [0.717, 1.165) is 30.5 Å². The van der Waals surface area contributed by atoms with Crippen LogP contribution in [-0.2, 0) is 14.2 Å². The van der Waals surface area contributed by atoms with Gasteiger partial charge in [-0.1, -0.05) is 37.3 Å². The summed E-state index contributed by atoms with van der Waals surface area (Å²) in [6.07, 6.45) is 7.08. The Morgan fingerprint density at radius 2 is 1.97 bits per heavy atom. The predicted molar refractivity (Wildman–Crippen MR) is 140 cm³/mol. The Hall–Kier alpha value is -2.03. The zero-order chi connectivity index (χ0) is 26.6. The first-order valence-corrected chi connectivity index (χ1v) is 14.2. The number of allylic oxidation sites excluding steroid dienone is 1. The highest BCUT2D eigenvalue weighted by atomic mass is 16.7. The molecule has 3 heterocycles. The molecule has 0 radical (unpaired) electrons. The lowest BCUT2D eigenvalue weighted by atomic mass is 9.41. The first-order valence-electron chi connectivity index (χ1n) is 14.2. The van der Waals surface area contributed by atoms with Crippen molar-refractivity contribution in [2.24, 2.45) is 16.7 Å². The fraction of sp³-hybridized carbons (Fsp3) is 0.645. The molecule has 8 rings (SSSR count). The SMILES string of the molecule is C[C@H](OC(=O)c1ccccc1)C1=CCC23OCCN(C)CC12C[C@@H](O)C12O[C@@]4(O)CC[C@@]1(C)[C@H](CC=C32)C4. The first kappa shape index (κ1) is 25.0. The molecule has 204 valence electrons. The minimum atomic E-state index is -1.21. The van der Waals surface area contributed by atoms with Crippen LogP contribution in [0.4, 0.5) is 0 Å². The minimum absolute atomic E-state index is 0.255. The monoisotopic (exact) mass is 521 g/mol.